The van der Waals surface area contributed by atoms with Gasteiger partial charge < -0.3 is 4.90 Å². The molecule has 1 unspecified atom stereocenters. The summed E-state index contributed by atoms with van der Waals surface area (Å²) in [5.74, 6) is 1.78. The summed E-state index contributed by atoms with van der Waals surface area (Å²) < 4.78 is 0. The van der Waals surface area contributed by atoms with Gasteiger partial charge in [-0.05, 0) is 24.5 Å². The molecule has 2 rings (SSSR count). The smallest absolute Gasteiger partial charge is 0.269 e. The number of nitro benzene ring substituents is 1. The fourth-order valence-corrected chi connectivity index (χ4v) is 3.70. The summed E-state index contributed by atoms with van der Waals surface area (Å²) in [5, 5.41) is 11.4. The minimum atomic E-state index is -0.334. The molecule has 1 heterocycles. The van der Waals surface area contributed by atoms with Crippen molar-refractivity contribution >= 4 is 23.1 Å². The van der Waals surface area contributed by atoms with Crippen molar-refractivity contribution in [1.29, 1.82) is 0 Å². The number of thioether (sulfide) groups is 1. The van der Waals surface area contributed by atoms with Crippen LogP contribution in [-0.2, 0) is 0 Å². The maximum atomic E-state index is 10.8. The summed E-state index contributed by atoms with van der Waals surface area (Å²) >= 11 is 2.03. The number of hydrogen-bond donors (Lipinski definition) is 0. The van der Waals surface area contributed by atoms with Crippen LogP contribution >= 0.6 is 11.8 Å². The lowest BCUT2D eigenvalue weighted by molar-refractivity contribution is -0.384. The molecular weight excluding hydrogens is 260 g/mol. The van der Waals surface area contributed by atoms with E-state index in [9.17, 15) is 10.1 Å². The summed E-state index contributed by atoms with van der Waals surface area (Å²) in [5.41, 5.74) is 2.30. The van der Waals surface area contributed by atoms with Crippen LogP contribution in [0.25, 0.3) is 0 Å². The molecule has 19 heavy (non-hydrogen) atoms. The highest BCUT2D eigenvalue weighted by Gasteiger charge is 2.24. The molecule has 1 aromatic carbocycles. The highest BCUT2D eigenvalue weighted by molar-refractivity contribution is 8.00. The maximum Gasteiger partial charge on any atom is 0.269 e. The number of anilines is 1. The molecule has 0 bridgehead atoms. The van der Waals surface area contributed by atoms with E-state index in [0.717, 1.165) is 30.1 Å². The quantitative estimate of drug-likeness (QED) is 0.628. The molecule has 0 spiro atoms. The Morgan fingerprint density at radius 1 is 1.47 bits per heavy atom. The van der Waals surface area contributed by atoms with E-state index in [1.54, 1.807) is 12.1 Å². The summed E-state index contributed by atoms with van der Waals surface area (Å²) in [7, 11) is 0. The molecule has 5 heteroatoms. The molecule has 0 N–H and O–H groups in total. The molecule has 1 fully saturated rings. The number of hydrogen-bond acceptors (Lipinski definition) is 4. The van der Waals surface area contributed by atoms with E-state index in [2.05, 4.69) is 18.7 Å². The van der Waals surface area contributed by atoms with Gasteiger partial charge in [-0.3, -0.25) is 10.1 Å². The molecule has 104 valence electrons. The van der Waals surface area contributed by atoms with E-state index in [-0.39, 0.29) is 10.6 Å². The second-order valence-electron chi connectivity index (χ2n) is 5.33. The minimum absolute atomic E-state index is 0.174. The molecule has 0 radical (unpaired) electrons. The Bertz CT molecular complexity index is 477. The Balaban J connectivity index is 2.19. The number of non-ortho nitro benzene ring substituents is 1. The first-order valence-corrected chi connectivity index (χ1v) is 7.65. The van der Waals surface area contributed by atoms with E-state index < -0.39 is 0 Å². The second kappa shape index (κ2) is 5.82. The van der Waals surface area contributed by atoms with Crippen LogP contribution in [0.5, 0.6) is 0 Å². The van der Waals surface area contributed by atoms with Crippen LogP contribution in [0.3, 0.4) is 0 Å². The van der Waals surface area contributed by atoms with Gasteiger partial charge in [-0.25, -0.2) is 0 Å². The van der Waals surface area contributed by atoms with Crippen molar-refractivity contribution in [3.05, 3.63) is 33.9 Å². The predicted octanol–water partition coefficient (Wildman–Crippen LogP) is 3.48. The van der Waals surface area contributed by atoms with Crippen LogP contribution in [0.15, 0.2) is 18.2 Å². The van der Waals surface area contributed by atoms with Crippen LogP contribution in [0.1, 0.15) is 19.4 Å². The zero-order valence-corrected chi connectivity index (χ0v) is 12.4. The Morgan fingerprint density at radius 2 is 2.21 bits per heavy atom. The third kappa shape index (κ3) is 3.21. The van der Waals surface area contributed by atoms with Gasteiger partial charge in [0.15, 0.2) is 0 Å². The van der Waals surface area contributed by atoms with Gasteiger partial charge in [-0.2, -0.15) is 11.8 Å². The number of nitrogens with zero attached hydrogens (tertiary/aromatic N) is 2. The third-order valence-corrected chi connectivity index (χ3v) is 5.11. The van der Waals surface area contributed by atoms with Crippen molar-refractivity contribution < 1.29 is 4.92 Å². The van der Waals surface area contributed by atoms with Gasteiger partial charge in [0, 0.05) is 41.9 Å². The lowest BCUT2D eigenvalue weighted by Crippen LogP contribution is -2.40. The Labute approximate surface area is 118 Å². The van der Waals surface area contributed by atoms with Crippen LogP contribution < -0.4 is 4.90 Å². The summed E-state index contributed by atoms with van der Waals surface area (Å²) in [4.78, 5) is 12.8. The third-order valence-electron chi connectivity index (χ3n) is 3.57. The average molecular weight is 280 g/mol. The van der Waals surface area contributed by atoms with Crippen LogP contribution in [-0.4, -0.2) is 29.0 Å². The summed E-state index contributed by atoms with van der Waals surface area (Å²) in [6, 6.07) is 5.16. The molecule has 1 aromatic rings. The first-order chi connectivity index (χ1) is 8.99. The number of nitro groups is 1. The summed E-state index contributed by atoms with van der Waals surface area (Å²) in [6.45, 7) is 8.51. The SMILES string of the molecule is Cc1cc([N+](=O)[O-])ccc1N1CCSC(C(C)C)C1. The fourth-order valence-electron chi connectivity index (χ4n) is 2.41. The first-order valence-electron chi connectivity index (χ1n) is 6.60. The van der Waals surface area contributed by atoms with Crippen molar-refractivity contribution in [2.75, 3.05) is 23.7 Å². The Morgan fingerprint density at radius 3 is 2.79 bits per heavy atom. The Kier molecular flexibility index (Phi) is 4.34. The average Bonchev–Trinajstić information content (AvgIpc) is 2.38. The lowest BCUT2D eigenvalue weighted by atomic mass is 10.1. The molecule has 0 aliphatic carbocycles. The van der Waals surface area contributed by atoms with E-state index >= 15 is 0 Å². The van der Waals surface area contributed by atoms with Gasteiger partial charge in [0.05, 0.1) is 4.92 Å². The van der Waals surface area contributed by atoms with Crippen molar-refractivity contribution in [3.8, 4) is 0 Å². The van der Waals surface area contributed by atoms with Gasteiger partial charge in [0.25, 0.3) is 5.69 Å². The van der Waals surface area contributed by atoms with Gasteiger partial charge in [0.2, 0.25) is 0 Å². The fraction of sp³-hybridized carbons (Fsp3) is 0.571. The van der Waals surface area contributed by atoms with Gasteiger partial charge in [-0.1, -0.05) is 13.8 Å². The highest BCUT2D eigenvalue weighted by Crippen LogP contribution is 2.31. The molecule has 1 saturated heterocycles. The lowest BCUT2D eigenvalue weighted by Gasteiger charge is -2.36. The van der Waals surface area contributed by atoms with Crippen molar-refractivity contribution in [3.63, 3.8) is 0 Å². The second-order valence-corrected chi connectivity index (χ2v) is 6.67. The molecule has 1 atom stereocenters. The largest absolute Gasteiger partial charge is 0.369 e. The number of benzene rings is 1. The standard InChI is InChI=1S/C14H20N2O2S/c1-10(2)14-9-15(6-7-19-14)13-5-4-12(16(17)18)8-11(13)3/h4-5,8,10,14H,6-7,9H2,1-3H3. The maximum absolute atomic E-state index is 10.8. The molecule has 1 aliphatic heterocycles. The van der Waals surface area contributed by atoms with E-state index in [4.69, 9.17) is 0 Å². The van der Waals surface area contributed by atoms with Gasteiger partial charge in [0.1, 0.15) is 0 Å². The topological polar surface area (TPSA) is 46.4 Å². The van der Waals surface area contributed by atoms with Crippen molar-refractivity contribution in [2.24, 2.45) is 5.92 Å². The monoisotopic (exact) mass is 280 g/mol. The summed E-state index contributed by atoms with van der Waals surface area (Å²) in [6.07, 6.45) is 0. The predicted molar refractivity (Wildman–Crippen MR) is 81.1 cm³/mol. The first kappa shape index (κ1) is 14.2. The van der Waals surface area contributed by atoms with Crippen LogP contribution in [0.4, 0.5) is 11.4 Å². The molecule has 4 nitrogen and oxygen atoms in total. The normalized spacial score (nSPS) is 19.8. The van der Waals surface area contributed by atoms with E-state index in [0.29, 0.717) is 11.2 Å². The molecular formula is C14H20N2O2S. The van der Waals surface area contributed by atoms with E-state index in [1.807, 2.05) is 24.8 Å². The molecule has 0 amide bonds. The molecule has 0 saturated carbocycles. The van der Waals surface area contributed by atoms with E-state index in [1.165, 1.54) is 0 Å². The zero-order chi connectivity index (χ0) is 14.0. The van der Waals surface area contributed by atoms with Crippen molar-refractivity contribution in [1.82, 2.24) is 0 Å². The minimum Gasteiger partial charge on any atom is -0.369 e. The van der Waals surface area contributed by atoms with Gasteiger partial charge >= 0.3 is 0 Å². The Hall–Kier alpha value is -1.23. The van der Waals surface area contributed by atoms with Crippen LogP contribution in [0, 0.1) is 23.0 Å². The number of aryl methyl sites for hydroxylation is 1. The van der Waals surface area contributed by atoms with Gasteiger partial charge in [-0.15, -0.1) is 0 Å². The zero-order valence-electron chi connectivity index (χ0n) is 11.6. The highest BCUT2D eigenvalue weighted by atomic mass is 32.2. The van der Waals surface area contributed by atoms with Crippen LogP contribution in [0.2, 0.25) is 0 Å². The molecule has 0 aromatic heterocycles. The van der Waals surface area contributed by atoms with Crippen molar-refractivity contribution in [2.45, 2.75) is 26.0 Å². The molecule has 1 aliphatic rings. The number of rotatable bonds is 3.